The Labute approximate surface area is 155 Å². The molecule has 0 spiro atoms. The van der Waals surface area contributed by atoms with Gasteiger partial charge in [-0.1, -0.05) is 18.2 Å². The summed E-state index contributed by atoms with van der Waals surface area (Å²) >= 11 is 0. The molecule has 0 unspecified atom stereocenters. The summed E-state index contributed by atoms with van der Waals surface area (Å²) in [5.74, 6) is 1.29. The Bertz CT molecular complexity index is 768. The smallest absolute Gasteiger partial charge is 0.254 e. The molecule has 0 saturated carbocycles. The first kappa shape index (κ1) is 18.1. The van der Waals surface area contributed by atoms with E-state index in [1.807, 2.05) is 17.9 Å². The van der Waals surface area contributed by atoms with Gasteiger partial charge >= 0.3 is 0 Å². The number of para-hydroxylation sites is 1. The van der Waals surface area contributed by atoms with Crippen molar-refractivity contribution < 1.29 is 14.3 Å². The summed E-state index contributed by atoms with van der Waals surface area (Å²) < 4.78 is 10.9. The largest absolute Gasteiger partial charge is 0.493 e. The van der Waals surface area contributed by atoms with Crippen molar-refractivity contribution in [1.82, 2.24) is 4.90 Å². The molecule has 0 N–H and O–H groups in total. The van der Waals surface area contributed by atoms with Crippen molar-refractivity contribution >= 4 is 11.6 Å². The molecule has 5 nitrogen and oxygen atoms in total. The topological polar surface area (TPSA) is 42.0 Å². The average molecular weight is 354 g/mol. The fourth-order valence-electron chi connectivity index (χ4n) is 3.33. The van der Waals surface area contributed by atoms with Gasteiger partial charge in [-0.3, -0.25) is 4.79 Å². The van der Waals surface area contributed by atoms with Crippen molar-refractivity contribution in [3.05, 3.63) is 53.6 Å². The molecule has 138 valence electrons. The molecule has 0 radical (unpaired) electrons. The van der Waals surface area contributed by atoms with E-state index < -0.39 is 0 Å². The van der Waals surface area contributed by atoms with E-state index in [0.717, 1.165) is 13.1 Å². The number of rotatable bonds is 5. The number of ether oxygens (including phenoxy) is 2. The number of carbonyl (C=O) groups is 1. The molecular weight excluding hydrogens is 328 g/mol. The first-order valence-electron chi connectivity index (χ1n) is 9.04. The lowest BCUT2D eigenvalue weighted by atomic mass is 10.1. The van der Waals surface area contributed by atoms with Crippen molar-refractivity contribution in [3.63, 3.8) is 0 Å². The molecule has 26 heavy (non-hydrogen) atoms. The predicted molar refractivity (Wildman–Crippen MR) is 103 cm³/mol. The van der Waals surface area contributed by atoms with Gasteiger partial charge in [-0.2, -0.15) is 0 Å². The van der Waals surface area contributed by atoms with Gasteiger partial charge in [0.05, 0.1) is 13.7 Å². The summed E-state index contributed by atoms with van der Waals surface area (Å²) in [6, 6.07) is 13.8. The zero-order chi connectivity index (χ0) is 18.5. The van der Waals surface area contributed by atoms with Crippen LogP contribution in [0.2, 0.25) is 0 Å². The van der Waals surface area contributed by atoms with Gasteiger partial charge in [-0.15, -0.1) is 0 Å². The first-order valence-corrected chi connectivity index (χ1v) is 9.04. The van der Waals surface area contributed by atoms with Crippen LogP contribution < -0.4 is 14.4 Å². The average Bonchev–Trinajstić information content (AvgIpc) is 2.68. The number of hydrogen-bond donors (Lipinski definition) is 0. The number of amides is 1. The van der Waals surface area contributed by atoms with Gasteiger partial charge in [0, 0.05) is 37.4 Å². The van der Waals surface area contributed by atoms with Gasteiger partial charge in [0.15, 0.2) is 11.5 Å². The molecule has 2 aromatic carbocycles. The van der Waals surface area contributed by atoms with Gasteiger partial charge in [0.25, 0.3) is 5.91 Å². The number of benzene rings is 2. The van der Waals surface area contributed by atoms with Crippen LogP contribution in [0.5, 0.6) is 11.5 Å². The summed E-state index contributed by atoms with van der Waals surface area (Å²) in [5, 5.41) is 0. The van der Waals surface area contributed by atoms with Crippen LogP contribution in [-0.2, 0) is 0 Å². The highest BCUT2D eigenvalue weighted by Crippen LogP contribution is 2.29. The number of carbonyl (C=O) groups excluding carboxylic acids is 1. The summed E-state index contributed by atoms with van der Waals surface area (Å²) in [7, 11) is 1.59. The maximum Gasteiger partial charge on any atom is 0.254 e. The van der Waals surface area contributed by atoms with Crippen molar-refractivity contribution in [2.45, 2.75) is 13.8 Å². The molecule has 0 bridgehead atoms. The third-order valence-electron chi connectivity index (χ3n) is 4.73. The molecule has 1 saturated heterocycles. The Morgan fingerprint density at radius 3 is 2.42 bits per heavy atom. The predicted octanol–water partition coefficient (Wildman–Crippen LogP) is 3.36. The zero-order valence-electron chi connectivity index (χ0n) is 15.7. The molecule has 1 aliphatic heterocycles. The summed E-state index contributed by atoms with van der Waals surface area (Å²) in [4.78, 5) is 17.1. The van der Waals surface area contributed by atoms with Gasteiger partial charge in [0.1, 0.15) is 0 Å². The Hall–Kier alpha value is -2.69. The van der Waals surface area contributed by atoms with Gasteiger partial charge in [0.2, 0.25) is 0 Å². The van der Waals surface area contributed by atoms with Crippen LogP contribution >= 0.6 is 0 Å². The maximum absolute atomic E-state index is 12.9. The van der Waals surface area contributed by atoms with E-state index in [2.05, 4.69) is 36.1 Å². The zero-order valence-corrected chi connectivity index (χ0v) is 15.7. The first-order chi connectivity index (χ1) is 12.6. The number of methoxy groups -OCH3 is 1. The summed E-state index contributed by atoms with van der Waals surface area (Å²) in [5.41, 5.74) is 3.15. The van der Waals surface area contributed by atoms with Gasteiger partial charge < -0.3 is 19.3 Å². The Kier molecular flexibility index (Phi) is 5.66. The number of hydrogen-bond acceptors (Lipinski definition) is 4. The highest BCUT2D eigenvalue weighted by Gasteiger charge is 2.23. The third-order valence-corrected chi connectivity index (χ3v) is 4.73. The second-order valence-electron chi connectivity index (χ2n) is 6.36. The van der Waals surface area contributed by atoms with Gasteiger partial charge in [-0.25, -0.2) is 0 Å². The van der Waals surface area contributed by atoms with Crippen LogP contribution in [0.25, 0.3) is 0 Å². The van der Waals surface area contributed by atoms with Crippen LogP contribution in [-0.4, -0.2) is 50.7 Å². The SMILES string of the molecule is CCOc1ccc(C(=O)N2CCN(c3ccccc3C)CC2)cc1OC. The monoisotopic (exact) mass is 354 g/mol. The molecule has 0 aliphatic carbocycles. The lowest BCUT2D eigenvalue weighted by Crippen LogP contribution is -2.49. The lowest BCUT2D eigenvalue weighted by molar-refractivity contribution is 0.0746. The second-order valence-corrected chi connectivity index (χ2v) is 6.36. The van der Waals surface area contributed by atoms with Crippen molar-refractivity contribution in [2.75, 3.05) is 44.8 Å². The minimum atomic E-state index is 0.0378. The molecule has 0 atom stereocenters. The summed E-state index contributed by atoms with van der Waals surface area (Å²) in [6.07, 6.45) is 0. The quantitative estimate of drug-likeness (QED) is 0.826. The molecule has 5 heteroatoms. The standard InChI is InChI=1S/C21H26N2O3/c1-4-26-19-10-9-17(15-20(19)25-3)21(24)23-13-11-22(12-14-23)18-8-6-5-7-16(18)2/h5-10,15H,4,11-14H2,1-3H3. The lowest BCUT2D eigenvalue weighted by Gasteiger charge is -2.36. The van der Waals surface area contributed by atoms with E-state index in [1.54, 1.807) is 19.2 Å². The number of anilines is 1. The van der Waals surface area contributed by atoms with Crippen LogP contribution in [0.1, 0.15) is 22.8 Å². The highest BCUT2D eigenvalue weighted by atomic mass is 16.5. The molecule has 1 amide bonds. The Morgan fingerprint density at radius 1 is 1.04 bits per heavy atom. The van der Waals surface area contributed by atoms with Gasteiger partial charge in [-0.05, 0) is 43.7 Å². The van der Waals surface area contributed by atoms with Crippen LogP contribution in [0.15, 0.2) is 42.5 Å². The van der Waals surface area contributed by atoms with Crippen molar-refractivity contribution in [1.29, 1.82) is 0 Å². The minimum absolute atomic E-state index is 0.0378. The third kappa shape index (κ3) is 3.77. The molecule has 2 aromatic rings. The normalized spacial score (nSPS) is 14.3. The molecule has 1 heterocycles. The minimum Gasteiger partial charge on any atom is -0.493 e. The fourth-order valence-corrected chi connectivity index (χ4v) is 3.33. The van der Waals surface area contributed by atoms with E-state index in [-0.39, 0.29) is 5.91 Å². The molecule has 1 aliphatic rings. The number of piperazine rings is 1. The van der Waals surface area contributed by atoms with Crippen molar-refractivity contribution in [2.24, 2.45) is 0 Å². The highest BCUT2D eigenvalue weighted by molar-refractivity contribution is 5.95. The maximum atomic E-state index is 12.9. The number of aryl methyl sites for hydroxylation is 1. The Balaban J connectivity index is 1.68. The molecular formula is C21H26N2O3. The van der Waals surface area contributed by atoms with Crippen LogP contribution in [0.4, 0.5) is 5.69 Å². The molecule has 3 rings (SSSR count). The van der Waals surface area contributed by atoms with E-state index in [0.29, 0.717) is 36.8 Å². The van der Waals surface area contributed by atoms with E-state index >= 15 is 0 Å². The Morgan fingerprint density at radius 2 is 1.77 bits per heavy atom. The van der Waals surface area contributed by atoms with E-state index in [1.165, 1.54) is 11.3 Å². The number of nitrogens with zero attached hydrogens (tertiary/aromatic N) is 2. The second kappa shape index (κ2) is 8.13. The molecule has 1 fully saturated rings. The molecule has 0 aromatic heterocycles. The van der Waals surface area contributed by atoms with E-state index in [9.17, 15) is 4.79 Å². The fraction of sp³-hybridized carbons (Fsp3) is 0.381. The van der Waals surface area contributed by atoms with Crippen molar-refractivity contribution in [3.8, 4) is 11.5 Å². The van der Waals surface area contributed by atoms with Crippen LogP contribution in [0, 0.1) is 6.92 Å². The van der Waals surface area contributed by atoms with Crippen LogP contribution in [0.3, 0.4) is 0 Å². The summed E-state index contributed by atoms with van der Waals surface area (Å²) in [6.45, 7) is 7.71. The van der Waals surface area contributed by atoms with E-state index in [4.69, 9.17) is 9.47 Å².